The molecule has 24 heavy (non-hydrogen) atoms. The van der Waals surface area contributed by atoms with Gasteiger partial charge in [-0.1, -0.05) is 22.0 Å². The Morgan fingerprint density at radius 2 is 2.08 bits per heavy atom. The summed E-state index contributed by atoms with van der Waals surface area (Å²) in [5, 5.41) is 13.6. The smallest absolute Gasteiger partial charge is 0.311 e. The molecular formula is C16H13BrN2O5. The van der Waals surface area contributed by atoms with Crippen LogP contribution in [-0.4, -0.2) is 23.7 Å². The zero-order valence-electron chi connectivity index (χ0n) is 12.6. The Labute approximate surface area is 145 Å². The fourth-order valence-electron chi connectivity index (χ4n) is 1.88. The van der Waals surface area contributed by atoms with Gasteiger partial charge in [-0.3, -0.25) is 19.7 Å². The fourth-order valence-corrected chi connectivity index (χ4v) is 2.26. The van der Waals surface area contributed by atoms with Crippen LogP contribution in [0.25, 0.3) is 0 Å². The number of nitrogens with one attached hydrogen (secondary N) is 1. The van der Waals surface area contributed by atoms with Gasteiger partial charge in [0.1, 0.15) is 6.29 Å². The van der Waals surface area contributed by atoms with E-state index in [-0.39, 0.29) is 17.0 Å². The molecule has 2 rings (SSSR count). The Morgan fingerprint density at radius 1 is 1.33 bits per heavy atom. The van der Waals surface area contributed by atoms with Gasteiger partial charge in [-0.2, -0.15) is 0 Å². The van der Waals surface area contributed by atoms with Crippen LogP contribution in [0.3, 0.4) is 0 Å². The van der Waals surface area contributed by atoms with Crippen LogP contribution in [0.1, 0.15) is 15.9 Å². The van der Waals surface area contributed by atoms with Gasteiger partial charge in [0.15, 0.2) is 12.4 Å². The molecule has 124 valence electrons. The number of ether oxygens (including phenoxy) is 1. The molecule has 0 aliphatic carbocycles. The third kappa shape index (κ3) is 4.39. The maximum Gasteiger partial charge on any atom is 0.311 e. The van der Waals surface area contributed by atoms with Gasteiger partial charge in [-0.05, 0) is 36.8 Å². The van der Waals surface area contributed by atoms with Crippen LogP contribution in [0.4, 0.5) is 11.4 Å². The van der Waals surface area contributed by atoms with Gasteiger partial charge in [-0.15, -0.1) is 0 Å². The number of aryl methyl sites for hydroxylation is 1. The Kier molecular flexibility index (Phi) is 5.64. The molecule has 0 saturated carbocycles. The minimum absolute atomic E-state index is 0.0779. The van der Waals surface area contributed by atoms with E-state index in [0.29, 0.717) is 12.0 Å². The quantitative estimate of drug-likeness (QED) is 0.460. The Hall–Kier alpha value is -2.74. The molecule has 0 radical (unpaired) electrons. The lowest BCUT2D eigenvalue weighted by molar-refractivity contribution is -0.385. The predicted molar refractivity (Wildman–Crippen MR) is 91.5 cm³/mol. The Bertz CT molecular complexity index is 807. The lowest BCUT2D eigenvalue weighted by Crippen LogP contribution is -2.20. The number of halogens is 1. The van der Waals surface area contributed by atoms with Gasteiger partial charge >= 0.3 is 5.69 Å². The average molecular weight is 393 g/mol. The SMILES string of the molecule is Cc1ccc(NC(=O)COc2ccc(C=O)cc2[N+](=O)[O-])cc1Br. The van der Waals surface area contributed by atoms with Crippen LogP contribution in [0.2, 0.25) is 0 Å². The molecule has 2 aromatic carbocycles. The zero-order chi connectivity index (χ0) is 17.7. The monoisotopic (exact) mass is 392 g/mol. The van der Waals surface area contributed by atoms with Crippen molar-refractivity contribution in [3.63, 3.8) is 0 Å². The minimum atomic E-state index is -0.669. The van der Waals surface area contributed by atoms with Crippen molar-refractivity contribution in [3.05, 3.63) is 62.1 Å². The lowest BCUT2D eigenvalue weighted by Gasteiger charge is -2.09. The first-order chi connectivity index (χ1) is 11.4. The third-order valence-electron chi connectivity index (χ3n) is 3.13. The van der Waals surface area contributed by atoms with Gasteiger partial charge in [0.05, 0.1) is 4.92 Å². The number of nitro benzene ring substituents is 1. The Balaban J connectivity index is 2.04. The van der Waals surface area contributed by atoms with E-state index in [4.69, 9.17) is 4.74 Å². The minimum Gasteiger partial charge on any atom is -0.477 e. The second-order valence-electron chi connectivity index (χ2n) is 4.90. The molecule has 1 N–H and O–H groups in total. The number of carbonyl (C=O) groups is 2. The van der Waals surface area contributed by atoms with E-state index in [9.17, 15) is 19.7 Å². The van der Waals surface area contributed by atoms with Crippen molar-refractivity contribution in [2.75, 3.05) is 11.9 Å². The van der Waals surface area contributed by atoms with Crippen LogP contribution in [0, 0.1) is 17.0 Å². The molecule has 0 aliphatic rings. The highest BCUT2D eigenvalue weighted by molar-refractivity contribution is 9.10. The van der Waals surface area contributed by atoms with E-state index in [1.165, 1.54) is 12.1 Å². The summed E-state index contributed by atoms with van der Waals surface area (Å²) in [6.07, 6.45) is 0.499. The van der Waals surface area contributed by atoms with Crippen molar-refractivity contribution in [1.82, 2.24) is 0 Å². The van der Waals surface area contributed by atoms with Crippen LogP contribution < -0.4 is 10.1 Å². The van der Waals surface area contributed by atoms with Crippen molar-refractivity contribution in [2.45, 2.75) is 6.92 Å². The van der Waals surface area contributed by atoms with E-state index in [2.05, 4.69) is 21.2 Å². The van der Waals surface area contributed by atoms with Gasteiger partial charge < -0.3 is 10.1 Å². The maximum atomic E-state index is 11.9. The van der Waals surface area contributed by atoms with E-state index in [1.54, 1.807) is 12.1 Å². The van der Waals surface area contributed by atoms with E-state index < -0.39 is 17.4 Å². The summed E-state index contributed by atoms with van der Waals surface area (Å²) in [5.41, 5.74) is 1.38. The zero-order valence-corrected chi connectivity index (χ0v) is 14.2. The van der Waals surface area contributed by atoms with Crippen molar-refractivity contribution >= 4 is 39.5 Å². The van der Waals surface area contributed by atoms with Gasteiger partial charge in [-0.25, -0.2) is 0 Å². The van der Waals surface area contributed by atoms with Gasteiger partial charge in [0.2, 0.25) is 0 Å². The number of benzene rings is 2. The van der Waals surface area contributed by atoms with E-state index in [1.807, 2.05) is 13.0 Å². The van der Waals surface area contributed by atoms with Crippen LogP contribution >= 0.6 is 15.9 Å². The molecule has 0 fully saturated rings. The summed E-state index contributed by atoms with van der Waals surface area (Å²) in [5.74, 6) is -0.537. The highest BCUT2D eigenvalue weighted by Crippen LogP contribution is 2.27. The summed E-state index contributed by atoms with van der Waals surface area (Å²) < 4.78 is 6.05. The van der Waals surface area contributed by atoms with Crippen molar-refractivity contribution in [1.29, 1.82) is 0 Å². The summed E-state index contributed by atoms with van der Waals surface area (Å²) in [4.78, 5) is 32.9. The molecule has 0 aromatic heterocycles. The maximum absolute atomic E-state index is 11.9. The summed E-state index contributed by atoms with van der Waals surface area (Å²) >= 11 is 3.36. The largest absolute Gasteiger partial charge is 0.477 e. The van der Waals surface area contributed by atoms with E-state index >= 15 is 0 Å². The number of nitro groups is 1. The Morgan fingerprint density at radius 3 is 2.71 bits per heavy atom. The lowest BCUT2D eigenvalue weighted by atomic mass is 10.2. The van der Waals surface area contributed by atoms with Crippen LogP contribution in [0.15, 0.2) is 40.9 Å². The normalized spacial score (nSPS) is 10.1. The molecule has 0 spiro atoms. The summed E-state index contributed by atoms with van der Waals surface area (Å²) in [7, 11) is 0. The number of hydrogen-bond donors (Lipinski definition) is 1. The number of amides is 1. The molecule has 0 aliphatic heterocycles. The number of nitrogens with zero attached hydrogens (tertiary/aromatic N) is 1. The summed E-state index contributed by atoms with van der Waals surface area (Å²) in [6, 6.07) is 9.08. The highest BCUT2D eigenvalue weighted by atomic mass is 79.9. The molecule has 0 heterocycles. The molecule has 8 heteroatoms. The first-order valence-electron chi connectivity index (χ1n) is 6.83. The number of anilines is 1. The van der Waals surface area contributed by atoms with Crippen molar-refractivity contribution in [3.8, 4) is 5.75 Å². The molecule has 0 bridgehead atoms. The molecule has 7 nitrogen and oxygen atoms in total. The number of aldehydes is 1. The average Bonchev–Trinajstić information content (AvgIpc) is 2.56. The first-order valence-corrected chi connectivity index (χ1v) is 7.62. The molecular weight excluding hydrogens is 380 g/mol. The fraction of sp³-hybridized carbons (Fsp3) is 0.125. The molecule has 1 amide bonds. The molecule has 2 aromatic rings. The third-order valence-corrected chi connectivity index (χ3v) is 3.98. The number of carbonyl (C=O) groups excluding carboxylic acids is 2. The number of rotatable bonds is 6. The first kappa shape index (κ1) is 17.6. The van der Waals surface area contributed by atoms with Crippen molar-refractivity contribution < 1.29 is 19.2 Å². The van der Waals surface area contributed by atoms with Crippen LogP contribution in [0.5, 0.6) is 5.75 Å². The van der Waals surface area contributed by atoms with Crippen LogP contribution in [-0.2, 0) is 4.79 Å². The topological polar surface area (TPSA) is 98.5 Å². The molecule has 0 atom stereocenters. The predicted octanol–water partition coefficient (Wildman–Crippen LogP) is 3.50. The number of hydrogen-bond acceptors (Lipinski definition) is 5. The van der Waals surface area contributed by atoms with Gasteiger partial charge in [0, 0.05) is 21.8 Å². The molecule has 0 unspecified atom stereocenters. The highest BCUT2D eigenvalue weighted by Gasteiger charge is 2.17. The second kappa shape index (κ2) is 7.69. The van der Waals surface area contributed by atoms with E-state index in [0.717, 1.165) is 16.1 Å². The molecule has 0 saturated heterocycles. The summed E-state index contributed by atoms with van der Waals surface area (Å²) in [6.45, 7) is 1.52. The standard InChI is InChI=1S/C16H13BrN2O5/c1-10-2-4-12(7-13(10)17)18-16(21)9-24-15-5-3-11(8-20)6-14(15)19(22)23/h2-8H,9H2,1H3,(H,18,21). The van der Waals surface area contributed by atoms with Gasteiger partial charge in [0.25, 0.3) is 5.91 Å². The van der Waals surface area contributed by atoms with Crippen molar-refractivity contribution in [2.24, 2.45) is 0 Å². The second-order valence-corrected chi connectivity index (χ2v) is 5.76.